The zero-order chi connectivity index (χ0) is 13.8. The van der Waals surface area contributed by atoms with Gasteiger partial charge < -0.3 is 10.4 Å². The van der Waals surface area contributed by atoms with Crippen LogP contribution in [0.3, 0.4) is 0 Å². The Bertz CT molecular complexity index is 591. The van der Waals surface area contributed by atoms with Gasteiger partial charge in [0.25, 0.3) is 0 Å². The highest BCUT2D eigenvalue weighted by Gasteiger charge is 2.16. The second-order valence-corrected chi connectivity index (χ2v) is 4.90. The molecule has 0 aliphatic rings. The van der Waals surface area contributed by atoms with Crippen LogP contribution in [0.1, 0.15) is 22.2 Å². The molecule has 19 heavy (non-hydrogen) atoms. The fourth-order valence-electron chi connectivity index (χ4n) is 1.50. The summed E-state index contributed by atoms with van der Waals surface area (Å²) in [4.78, 5) is 23.8. The van der Waals surface area contributed by atoms with Crippen LogP contribution in [0.2, 0.25) is 0 Å². The van der Waals surface area contributed by atoms with Gasteiger partial charge in [-0.1, -0.05) is 12.1 Å². The van der Waals surface area contributed by atoms with Gasteiger partial charge in [-0.3, -0.25) is 4.79 Å². The molecule has 1 amide bonds. The summed E-state index contributed by atoms with van der Waals surface area (Å²) in [7, 11) is 0. The number of anilines is 1. The SMILES string of the molecule is CCc1cc(C(=O)O)c(NC(=O)Cn2ccnn2)s1. The fraction of sp³-hybridized carbons (Fsp3) is 0.273. The van der Waals surface area contributed by atoms with Crippen molar-refractivity contribution in [3.63, 3.8) is 0 Å². The van der Waals surface area contributed by atoms with Crippen molar-refractivity contribution in [1.29, 1.82) is 0 Å². The molecule has 0 atom stereocenters. The third kappa shape index (κ3) is 3.16. The van der Waals surface area contributed by atoms with Gasteiger partial charge in [-0.05, 0) is 12.5 Å². The van der Waals surface area contributed by atoms with Crippen LogP contribution in [-0.2, 0) is 17.8 Å². The molecule has 0 aliphatic heterocycles. The lowest BCUT2D eigenvalue weighted by molar-refractivity contribution is -0.116. The summed E-state index contributed by atoms with van der Waals surface area (Å²) in [5, 5.41) is 19.3. The highest BCUT2D eigenvalue weighted by Crippen LogP contribution is 2.28. The lowest BCUT2D eigenvalue weighted by Gasteiger charge is -2.03. The van der Waals surface area contributed by atoms with E-state index in [0.717, 1.165) is 11.3 Å². The van der Waals surface area contributed by atoms with Gasteiger partial charge in [0, 0.05) is 11.1 Å². The molecule has 0 aromatic carbocycles. The number of amides is 1. The lowest BCUT2D eigenvalue weighted by Crippen LogP contribution is -2.19. The zero-order valence-corrected chi connectivity index (χ0v) is 11.0. The largest absolute Gasteiger partial charge is 0.478 e. The average Bonchev–Trinajstić information content (AvgIpc) is 2.98. The van der Waals surface area contributed by atoms with Crippen molar-refractivity contribution in [3.8, 4) is 0 Å². The molecule has 0 saturated carbocycles. The molecule has 0 radical (unpaired) electrons. The van der Waals surface area contributed by atoms with Crippen LogP contribution in [0.5, 0.6) is 0 Å². The van der Waals surface area contributed by atoms with E-state index in [4.69, 9.17) is 5.11 Å². The summed E-state index contributed by atoms with van der Waals surface area (Å²) in [6.45, 7) is 1.93. The number of carbonyl (C=O) groups is 2. The van der Waals surface area contributed by atoms with E-state index in [1.54, 1.807) is 12.3 Å². The highest BCUT2D eigenvalue weighted by molar-refractivity contribution is 7.16. The van der Waals surface area contributed by atoms with Crippen LogP contribution in [0, 0.1) is 0 Å². The second kappa shape index (κ2) is 5.61. The number of carboxylic acids is 1. The number of aromatic nitrogens is 3. The predicted octanol–water partition coefficient (Wildman–Crippen LogP) is 1.24. The molecule has 0 fully saturated rings. The van der Waals surface area contributed by atoms with Gasteiger partial charge >= 0.3 is 5.97 Å². The van der Waals surface area contributed by atoms with Gasteiger partial charge in [0.15, 0.2) is 0 Å². The van der Waals surface area contributed by atoms with Crippen LogP contribution in [0.15, 0.2) is 18.5 Å². The molecule has 2 heterocycles. The third-order valence-corrected chi connectivity index (χ3v) is 3.59. The molecule has 0 unspecified atom stereocenters. The van der Waals surface area contributed by atoms with Gasteiger partial charge in [0.2, 0.25) is 5.91 Å². The summed E-state index contributed by atoms with van der Waals surface area (Å²) in [5.74, 6) is -1.38. The number of thiophene rings is 1. The maximum atomic E-state index is 11.8. The van der Waals surface area contributed by atoms with Crippen molar-refractivity contribution in [3.05, 3.63) is 28.9 Å². The Balaban J connectivity index is 2.11. The number of hydrogen-bond acceptors (Lipinski definition) is 5. The Morgan fingerprint density at radius 3 is 2.89 bits per heavy atom. The Kier molecular flexibility index (Phi) is 3.91. The third-order valence-electron chi connectivity index (χ3n) is 2.39. The molecule has 2 aromatic heterocycles. The van der Waals surface area contributed by atoms with E-state index in [1.807, 2.05) is 6.92 Å². The molecular formula is C11H12N4O3S. The molecule has 2 rings (SSSR count). The van der Waals surface area contributed by atoms with Crippen LogP contribution in [0.25, 0.3) is 0 Å². The first-order valence-corrected chi connectivity index (χ1v) is 6.41. The number of carbonyl (C=O) groups excluding carboxylic acids is 1. The summed E-state index contributed by atoms with van der Waals surface area (Å²) < 4.78 is 1.37. The van der Waals surface area contributed by atoms with Crippen molar-refractivity contribution in [1.82, 2.24) is 15.0 Å². The van der Waals surface area contributed by atoms with Crippen molar-refractivity contribution in [2.75, 3.05) is 5.32 Å². The Morgan fingerprint density at radius 1 is 1.53 bits per heavy atom. The first-order valence-electron chi connectivity index (χ1n) is 5.60. The van der Waals surface area contributed by atoms with E-state index in [1.165, 1.54) is 22.2 Å². The molecule has 100 valence electrons. The fourth-order valence-corrected chi connectivity index (χ4v) is 2.50. The standard InChI is InChI=1S/C11H12N4O3S/c1-2-7-5-8(11(17)18)10(19-7)13-9(16)6-15-4-3-12-14-15/h3-5H,2,6H2,1H3,(H,13,16)(H,17,18). The van der Waals surface area contributed by atoms with Crippen LogP contribution in [0.4, 0.5) is 5.00 Å². The average molecular weight is 280 g/mol. The summed E-state index contributed by atoms with van der Waals surface area (Å²) in [6.07, 6.45) is 3.75. The number of carboxylic acid groups (broad SMARTS) is 1. The Hall–Kier alpha value is -2.22. The first kappa shape index (κ1) is 13.2. The van der Waals surface area contributed by atoms with Crippen LogP contribution in [-0.4, -0.2) is 32.0 Å². The van der Waals surface area contributed by atoms with E-state index in [-0.39, 0.29) is 18.0 Å². The Labute approximate surface area is 112 Å². The maximum Gasteiger partial charge on any atom is 0.338 e. The van der Waals surface area contributed by atoms with Gasteiger partial charge in [0.05, 0.1) is 11.8 Å². The smallest absolute Gasteiger partial charge is 0.338 e. The summed E-state index contributed by atoms with van der Waals surface area (Å²) in [5.41, 5.74) is 0.119. The molecule has 0 saturated heterocycles. The van der Waals surface area contributed by atoms with Gasteiger partial charge in [0.1, 0.15) is 11.5 Å². The summed E-state index contributed by atoms with van der Waals surface area (Å²) in [6, 6.07) is 1.58. The number of rotatable bonds is 5. The van der Waals surface area contributed by atoms with Crippen molar-refractivity contribution >= 4 is 28.2 Å². The van der Waals surface area contributed by atoms with Crippen molar-refractivity contribution in [2.24, 2.45) is 0 Å². The molecule has 0 aliphatic carbocycles. The molecule has 8 heteroatoms. The monoisotopic (exact) mass is 280 g/mol. The zero-order valence-electron chi connectivity index (χ0n) is 10.2. The number of nitrogens with zero attached hydrogens (tertiary/aromatic N) is 3. The normalized spacial score (nSPS) is 10.4. The molecule has 7 nitrogen and oxygen atoms in total. The first-order chi connectivity index (χ1) is 9.10. The highest BCUT2D eigenvalue weighted by atomic mass is 32.1. The minimum absolute atomic E-state index is 0.00157. The van der Waals surface area contributed by atoms with Crippen LogP contribution >= 0.6 is 11.3 Å². The summed E-state index contributed by atoms with van der Waals surface area (Å²) >= 11 is 1.27. The minimum atomic E-state index is -1.05. The quantitative estimate of drug-likeness (QED) is 0.858. The van der Waals surface area contributed by atoms with Gasteiger partial charge in [-0.2, -0.15) is 0 Å². The van der Waals surface area contributed by atoms with E-state index in [2.05, 4.69) is 15.6 Å². The van der Waals surface area contributed by atoms with Crippen molar-refractivity contribution in [2.45, 2.75) is 19.9 Å². The Morgan fingerprint density at radius 2 is 2.32 bits per heavy atom. The van der Waals surface area contributed by atoms with E-state index >= 15 is 0 Å². The minimum Gasteiger partial charge on any atom is -0.478 e. The molecular weight excluding hydrogens is 268 g/mol. The number of aromatic carboxylic acids is 1. The van der Waals surface area contributed by atoms with Gasteiger partial charge in [-0.25, -0.2) is 9.48 Å². The maximum absolute atomic E-state index is 11.8. The van der Waals surface area contributed by atoms with Crippen LogP contribution < -0.4 is 5.32 Å². The molecule has 0 bridgehead atoms. The van der Waals surface area contributed by atoms with E-state index < -0.39 is 5.97 Å². The van der Waals surface area contributed by atoms with E-state index in [9.17, 15) is 9.59 Å². The second-order valence-electron chi connectivity index (χ2n) is 3.76. The van der Waals surface area contributed by atoms with E-state index in [0.29, 0.717) is 5.00 Å². The number of aryl methyl sites for hydroxylation is 1. The molecule has 2 N–H and O–H groups in total. The topological polar surface area (TPSA) is 97.1 Å². The number of nitrogens with one attached hydrogen (secondary N) is 1. The predicted molar refractivity (Wildman–Crippen MR) is 69.3 cm³/mol. The molecule has 0 spiro atoms. The van der Waals surface area contributed by atoms with Gasteiger partial charge in [-0.15, -0.1) is 16.4 Å². The number of hydrogen-bond donors (Lipinski definition) is 2. The lowest BCUT2D eigenvalue weighted by atomic mass is 10.2. The molecule has 2 aromatic rings. The van der Waals surface area contributed by atoms with Crippen molar-refractivity contribution < 1.29 is 14.7 Å².